The van der Waals surface area contributed by atoms with Gasteiger partial charge in [-0.15, -0.1) is 0 Å². The number of carboxylic acid groups (broad SMARTS) is 1. The summed E-state index contributed by atoms with van der Waals surface area (Å²) in [7, 11) is 1.41. The molecule has 0 spiro atoms. The summed E-state index contributed by atoms with van der Waals surface area (Å²) in [5, 5.41) is 11.9. The summed E-state index contributed by atoms with van der Waals surface area (Å²) in [5.41, 5.74) is 3.03. The molecule has 0 saturated heterocycles. The minimum Gasteiger partial charge on any atom is -0.496 e. The smallest absolute Gasteiger partial charge is 0.339 e. The van der Waals surface area contributed by atoms with Crippen LogP contribution in [0.4, 0.5) is 5.69 Å². The van der Waals surface area contributed by atoms with Crippen LogP contribution in [0.2, 0.25) is 0 Å². The highest BCUT2D eigenvalue weighted by Crippen LogP contribution is 2.49. The van der Waals surface area contributed by atoms with E-state index in [-0.39, 0.29) is 29.1 Å². The van der Waals surface area contributed by atoms with Crippen molar-refractivity contribution >= 4 is 17.6 Å². The summed E-state index contributed by atoms with van der Waals surface area (Å²) in [5.74, 6) is -0.672. The third kappa shape index (κ3) is 3.11. The summed E-state index contributed by atoms with van der Waals surface area (Å²) in [6.45, 7) is 2.05. The van der Waals surface area contributed by atoms with Crippen LogP contribution in [0.1, 0.15) is 33.8 Å². The molecule has 1 aliphatic carbocycles. The van der Waals surface area contributed by atoms with E-state index in [9.17, 15) is 9.59 Å². The van der Waals surface area contributed by atoms with Crippen LogP contribution in [0.3, 0.4) is 0 Å². The Morgan fingerprint density at radius 3 is 2.62 bits per heavy atom. The van der Waals surface area contributed by atoms with E-state index in [2.05, 4.69) is 24.4 Å². The van der Waals surface area contributed by atoms with Crippen molar-refractivity contribution in [2.75, 3.05) is 12.4 Å². The Bertz CT molecular complexity index is 800. The van der Waals surface area contributed by atoms with Gasteiger partial charge in [0.2, 0.25) is 5.91 Å². The van der Waals surface area contributed by atoms with Gasteiger partial charge in [-0.2, -0.15) is 0 Å². The number of benzene rings is 2. The molecule has 2 atom stereocenters. The van der Waals surface area contributed by atoms with Gasteiger partial charge in [0.05, 0.1) is 7.11 Å². The molecule has 0 radical (unpaired) electrons. The Hall–Kier alpha value is -2.82. The van der Waals surface area contributed by atoms with E-state index in [1.807, 2.05) is 12.1 Å². The van der Waals surface area contributed by atoms with Gasteiger partial charge < -0.3 is 15.2 Å². The molecule has 24 heavy (non-hydrogen) atoms. The second kappa shape index (κ2) is 6.35. The summed E-state index contributed by atoms with van der Waals surface area (Å²) in [4.78, 5) is 23.5. The Balaban J connectivity index is 1.70. The summed E-state index contributed by atoms with van der Waals surface area (Å²) in [6.07, 6.45) is 0.834. The van der Waals surface area contributed by atoms with Crippen LogP contribution in [0.5, 0.6) is 5.75 Å². The fourth-order valence-electron chi connectivity index (χ4n) is 3.01. The van der Waals surface area contributed by atoms with Crippen LogP contribution >= 0.6 is 0 Å². The van der Waals surface area contributed by atoms with Gasteiger partial charge in [-0.05, 0) is 42.5 Å². The SMILES string of the molecule is COc1cc(NC(=O)C2CC2c2ccccc2C)ccc1C(=O)O. The zero-order valence-corrected chi connectivity index (χ0v) is 13.6. The molecule has 1 fully saturated rings. The first-order valence-corrected chi connectivity index (χ1v) is 7.79. The number of aryl methyl sites for hydroxylation is 1. The molecule has 1 amide bonds. The fourth-order valence-corrected chi connectivity index (χ4v) is 3.01. The highest BCUT2D eigenvalue weighted by Gasteiger charge is 2.44. The molecular weight excluding hydrogens is 306 g/mol. The number of carbonyl (C=O) groups excluding carboxylic acids is 1. The quantitative estimate of drug-likeness (QED) is 0.883. The lowest BCUT2D eigenvalue weighted by Gasteiger charge is -2.10. The first-order valence-electron chi connectivity index (χ1n) is 7.79. The van der Waals surface area contributed by atoms with Gasteiger partial charge in [-0.1, -0.05) is 24.3 Å². The summed E-state index contributed by atoms with van der Waals surface area (Å²) < 4.78 is 5.08. The van der Waals surface area contributed by atoms with Gasteiger partial charge >= 0.3 is 5.97 Å². The molecule has 0 bridgehead atoms. The minimum atomic E-state index is -1.06. The zero-order chi connectivity index (χ0) is 17.3. The number of rotatable bonds is 5. The Morgan fingerprint density at radius 2 is 1.96 bits per heavy atom. The van der Waals surface area contributed by atoms with Crippen LogP contribution in [0.25, 0.3) is 0 Å². The largest absolute Gasteiger partial charge is 0.496 e. The lowest BCUT2D eigenvalue weighted by atomic mass is 10.0. The third-order valence-electron chi connectivity index (χ3n) is 4.41. The number of carboxylic acids is 1. The maximum atomic E-state index is 12.4. The number of methoxy groups -OCH3 is 1. The van der Waals surface area contributed by atoms with Gasteiger partial charge in [0.1, 0.15) is 11.3 Å². The molecule has 1 aliphatic rings. The Kier molecular flexibility index (Phi) is 4.25. The van der Waals surface area contributed by atoms with Crippen molar-refractivity contribution in [3.05, 3.63) is 59.2 Å². The van der Waals surface area contributed by atoms with Crippen molar-refractivity contribution in [3.63, 3.8) is 0 Å². The molecule has 0 aromatic heterocycles. The van der Waals surface area contributed by atoms with Crippen molar-refractivity contribution in [3.8, 4) is 5.75 Å². The number of nitrogens with one attached hydrogen (secondary N) is 1. The number of amides is 1. The average Bonchev–Trinajstić information content (AvgIpc) is 3.35. The van der Waals surface area contributed by atoms with Crippen molar-refractivity contribution < 1.29 is 19.4 Å². The maximum absolute atomic E-state index is 12.4. The normalized spacial score (nSPS) is 18.8. The minimum absolute atomic E-state index is 0.0451. The van der Waals surface area contributed by atoms with Crippen molar-refractivity contribution in [1.29, 1.82) is 0 Å². The Labute approximate surface area is 140 Å². The lowest BCUT2D eigenvalue weighted by molar-refractivity contribution is -0.117. The zero-order valence-electron chi connectivity index (χ0n) is 13.6. The molecular formula is C19H19NO4. The molecule has 2 unspecified atom stereocenters. The third-order valence-corrected chi connectivity index (χ3v) is 4.41. The molecule has 124 valence electrons. The van der Waals surface area contributed by atoms with Gasteiger partial charge in [0.25, 0.3) is 0 Å². The topological polar surface area (TPSA) is 75.6 Å². The van der Waals surface area contributed by atoms with Gasteiger partial charge in [-0.3, -0.25) is 4.79 Å². The van der Waals surface area contributed by atoms with Crippen LogP contribution in [0, 0.1) is 12.8 Å². The van der Waals surface area contributed by atoms with Crippen LogP contribution in [0.15, 0.2) is 42.5 Å². The Morgan fingerprint density at radius 1 is 1.21 bits per heavy atom. The van der Waals surface area contributed by atoms with Crippen LogP contribution in [-0.4, -0.2) is 24.1 Å². The van der Waals surface area contributed by atoms with Crippen LogP contribution in [-0.2, 0) is 4.79 Å². The number of anilines is 1. The van der Waals surface area contributed by atoms with Crippen molar-refractivity contribution in [2.24, 2.45) is 5.92 Å². The predicted octanol–water partition coefficient (Wildman–Crippen LogP) is 3.44. The van der Waals surface area contributed by atoms with E-state index in [1.54, 1.807) is 6.07 Å². The number of carbonyl (C=O) groups is 2. The molecule has 3 rings (SSSR count). The molecule has 5 heteroatoms. The highest BCUT2D eigenvalue weighted by atomic mass is 16.5. The fraction of sp³-hybridized carbons (Fsp3) is 0.263. The number of ether oxygens (including phenoxy) is 1. The maximum Gasteiger partial charge on any atom is 0.339 e. The van der Waals surface area contributed by atoms with E-state index in [0.717, 1.165) is 6.42 Å². The van der Waals surface area contributed by atoms with E-state index >= 15 is 0 Å². The van der Waals surface area contributed by atoms with E-state index < -0.39 is 5.97 Å². The lowest BCUT2D eigenvalue weighted by Crippen LogP contribution is -2.15. The number of hydrogen-bond acceptors (Lipinski definition) is 3. The van der Waals surface area contributed by atoms with E-state index in [1.165, 1.54) is 30.4 Å². The monoisotopic (exact) mass is 325 g/mol. The second-order valence-electron chi connectivity index (χ2n) is 6.01. The number of aromatic carboxylic acids is 1. The van der Waals surface area contributed by atoms with E-state index in [4.69, 9.17) is 9.84 Å². The first kappa shape index (κ1) is 16.1. The first-order chi connectivity index (χ1) is 11.5. The van der Waals surface area contributed by atoms with Crippen LogP contribution < -0.4 is 10.1 Å². The molecule has 1 saturated carbocycles. The van der Waals surface area contributed by atoms with Crippen molar-refractivity contribution in [1.82, 2.24) is 0 Å². The van der Waals surface area contributed by atoms with Gasteiger partial charge in [-0.25, -0.2) is 4.79 Å². The van der Waals surface area contributed by atoms with Crippen molar-refractivity contribution in [2.45, 2.75) is 19.3 Å². The second-order valence-corrected chi connectivity index (χ2v) is 6.01. The molecule has 0 heterocycles. The number of hydrogen-bond donors (Lipinski definition) is 2. The van der Waals surface area contributed by atoms with Gasteiger partial charge in [0.15, 0.2) is 0 Å². The molecule has 0 aliphatic heterocycles. The van der Waals surface area contributed by atoms with E-state index in [0.29, 0.717) is 5.69 Å². The molecule has 2 N–H and O–H groups in total. The summed E-state index contributed by atoms with van der Waals surface area (Å²) in [6, 6.07) is 12.7. The average molecular weight is 325 g/mol. The standard InChI is InChI=1S/C19H19NO4/c1-11-5-3-4-6-13(11)15-10-16(15)18(21)20-12-7-8-14(19(22)23)17(9-12)24-2/h3-9,15-16H,10H2,1-2H3,(H,20,21)(H,22,23). The molecule has 2 aromatic rings. The predicted molar refractivity (Wildman–Crippen MR) is 90.6 cm³/mol. The van der Waals surface area contributed by atoms with Gasteiger partial charge in [0, 0.05) is 17.7 Å². The molecule has 2 aromatic carbocycles. The molecule has 5 nitrogen and oxygen atoms in total. The highest BCUT2D eigenvalue weighted by molar-refractivity contribution is 5.97. The summed E-state index contributed by atoms with van der Waals surface area (Å²) >= 11 is 0.